The second-order valence-electron chi connectivity index (χ2n) is 1.89. The number of benzene rings is 1. The molecule has 0 aliphatic carbocycles. The van der Waals surface area contributed by atoms with E-state index in [2.05, 4.69) is 0 Å². The minimum absolute atomic E-state index is 0. The number of para-hydroxylation sites is 1. The van der Waals surface area contributed by atoms with Crippen LogP contribution in [-0.4, -0.2) is 11.1 Å². The third-order valence-corrected chi connectivity index (χ3v) is 1.19. The molecule has 3 nitrogen and oxygen atoms in total. The molecule has 1 aromatic rings. The van der Waals surface area contributed by atoms with Crippen molar-refractivity contribution in [2.75, 3.05) is 5.73 Å². The number of carboxylic acid groups (broad SMARTS) is 1. The smallest absolute Gasteiger partial charge is 0.337 e. The molecule has 0 saturated carbocycles. The Labute approximate surface area is 82.4 Å². The van der Waals surface area contributed by atoms with E-state index in [-0.39, 0.29) is 30.4 Å². The second kappa shape index (κ2) is 5.69. The molecule has 0 atom stereocenters. The summed E-state index contributed by atoms with van der Waals surface area (Å²) >= 11 is 0. The van der Waals surface area contributed by atoms with E-state index in [1.807, 2.05) is 0 Å². The Morgan fingerprint density at radius 1 is 1.25 bits per heavy atom. The maximum atomic E-state index is 10.3. The average molecular weight is 210 g/mol. The average Bonchev–Trinajstić information content (AvgIpc) is 1.88. The lowest BCUT2D eigenvalue weighted by Gasteiger charge is -1.96. The zero-order chi connectivity index (χ0) is 7.56. The van der Waals surface area contributed by atoms with E-state index < -0.39 is 5.97 Å². The molecule has 0 spiro atoms. The fourth-order valence-electron chi connectivity index (χ4n) is 0.692. The van der Waals surface area contributed by atoms with Crippen LogP contribution < -0.4 is 5.73 Å². The highest BCUT2D eigenvalue weighted by molar-refractivity contribution is 5.93. The molecular formula is C7H9Cl2NO2. The lowest BCUT2D eigenvalue weighted by molar-refractivity contribution is 0.0698. The van der Waals surface area contributed by atoms with Gasteiger partial charge < -0.3 is 10.8 Å². The molecule has 5 heteroatoms. The van der Waals surface area contributed by atoms with Crippen LogP contribution in [0.15, 0.2) is 24.3 Å². The van der Waals surface area contributed by atoms with Gasteiger partial charge >= 0.3 is 5.97 Å². The molecule has 0 aliphatic rings. The van der Waals surface area contributed by atoms with E-state index >= 15 is 0 Å². The van der Waals surface area contributed by atoms with Crippen LogP contribution in [0.4, 0.5) is 5.69 Å². The summed E-state index contributed by atoms with van der Waals surface area (Å²) in [6.07, 6.45) is 0. The first-order valence-corrected chi connectivity index (χ1v) is 2.79. The summed E-state index contributed by atoms with van der Waals surface area (Å²) in [5.41, 5.74) is 5.80. The van der Waals surface area contributed by atoms with E-state index in [9.17, 15) is 4.79 Å². The Hall–Kier alpha value is -0.930. The van der Waals surface area contributed by atoms with Gasteiger partial charge in [-0.15, -0.1) is 24.8 Å². The van der Waals surface area contributed by atoms with Crippen LogP contribution in [0.5, 0.6) is 0 Å². The third kappa shape index (κ3) is 2.98. The van der Waals surface area contributed by atoms with Crippen molar-refractivity contribution in [1.82, 2.24) is 0 Å². The molecule has 0 heterocycles. The Balaban J connectivity index is 0. The predicted molar refractivity (Wildman–Crippen MR) is 52.3 cm³/mol. The van der Waals surface area contributed by atoms with Crippen molar-refractivity contribution < 1.29 is 9.90 Å². The van der Waals surface area contributed by atoms with Gasteiger partial charge in [0.15, 0.2) is 0 Å². The highest BCUT2D eigenvalue weighted by Crippen LogP contribution is 2.08. The Kier molecular flexibility index (Phi) is 6.47. The molecule has 68 valence electrons. The standard InChI is InChI=1S/C7H7NO2.2ClH/c8-6-4-2-1-3-5(6)7(9)10;;/h1-4H,8H2,(H,9,10);2*1H. The van der Waals surface area contributed by atoms with Crippen molar-refractivity contribution in [3.8, 4) is 0 Å². The van der Waals surface area contributed by atoms with Crippen LogP contribution in [0.2, 0.25) is 0 Å². The maximum Gasteiger partial charge on any atom is 0.337 e. The van der Waals surface area contributed by atoms with Crippen LogP contribution in [0, 0.1) is 0 Å². The fraction of sp³-hybridized carbons (Fsp3) is 0. The molecule has 0 amide bonds. The van der Waals surface area contributed by atoms with Gasteiger partial charge in [-0.3, -0.25) is 0 Å². The van der Waals surface area contributed by atoms with Gasteiger partial charge in [0.1, 0.15) is 0 Å². The molecule has 1 aromatic carbocycles. The number of nitrogen functional groups attached to an aromatic ring is 1. The van der Waals surface area contributed by atoms with Gasteiger partial charge in [-0.05, 0) is 12.1 Å². The van der Waals surface area contributed by atoms with Crippen molar-refractivity contribution in [2.24, 2.45) is 0 Å². The minimum atomic E-state index is -0.988. The van der Waals surface area contributed by atoms with Crippen molar-refractivity contribution in [3.63, 3.8) is 0 Å². The van der Waals surface area contributed by atoms with Gasteiger partial charge in [0.2, 0.25) is 0 Å². The van der Waals surface area contributed by atoms with Gasteiger partial charge in [0.05, 0.1) is 5.56 Å². The normalized spacial score (nSPS) is 7.67. The Morgan fingerprint density at radius 3 is 2.08 bits per heavy atom. The topological polar surface area (TPSA) is 63.3 Å². The summed E-state index contributed by atoms with van der Waals surface area (Å²) in [5, 5.41) is 8.49. The number of hydrogen-bond acceptors (Lipinski definition) is 2. The summed E-state index contributed by atoms with van der Waals surface area (Å²) in [7, 11) is 0. The number of carboxylic acids is 1. The quantitative estimate of drug-likeness (QED) is 0.694. The summed E-state index contributed by atoms with van der Waals surface area (Å²) in [6, 6.07) is 6.36. The number of halogens is 2. The number of rotatable bonds is 1. The van der Waals surface area contributed by atoms with Crippen LogP contribution in [0.3, 0.4) is 0 Å². The van der Waals surface area contributed by atoms with Crippen LogP contribution in [0.1, 0.15) is 10.4 Å². The highest BCUT2D eigenvalue weighted by atomic mass is 35.5. The molecule has 0 fully saturated rings. The van der Waals surface area contributed by atoms with E-state index in [1.54, 1.807) is 18.2 Å². The second-order valence-corrected chi connectivity index (χ2v) is 1.89. The van der Waals surface area contributed by atoms with Crippen LogP contribution in [-0.2, 0) is 0 Å². The largest absolute Gasteiger partial charge is 0.478 e. The molecule has 0 radical (unpaired) electrons. The van der Waals surface area contributed by atoms with E-state index in [1.165, 1.54) is 6.07 Å². The maximum absolute atomic E-state index is 10.3. The van der Waals surface area contributed by atoms with E-state index in [0.29, 0.717) is 5.69 Å². The molecule has 1 rings (SSSR count). The molecule has 0 bridgehead atoms. The fourth-order valence-corrected chi connectivity index (χ4v) is 0.692. The molecule has 0 aliphatic heterocycles. The molecule has 0 saturated heterocycles. The third-order valence-electron chi connectivity index (χ3n) is 1.19. The van der Waals surface area contributed by atoms with Crippen molar-refractivity contribution in [1.29, 1.82) is 0 Å². The van der Waals surface area contributed by atoms with Crippen molar-refractivity contribution >= 4 is 36.5 Å². The summed E-state index contributed by atoms with van der Waals surface area (Å²) in [6.45, 7) is 0. The van der Waals surface area contributed by atoms with Gasteiger partial charge in [0, 0.05) is 5.69 Å². The SMILES string of the molecule is Cl.Cl.Nc1ccccc1C(=O)O. The van der Waals surface area contributed by atoms with Crippen molar-refractivity contribution in [3.05, 3.63) is 29.8 Å². The molecule has 0 unspecified atom stereocenters. The molecule has 12 heavy (non-hydrogen) atoms. The Bertz CT molecular complexity index is 265. The summed E-state index contributed by atoms with van der Waals surface area (Å²) in [4.78, 5) is 10.3. The Morgan fingerprint density at radius 2 is 1.75 bits per heavy atom. The predicted octanol–water partition coefficient (Wildman–Crippen LogP) is 1.81. The number of carbonyl (C=O) groups is 1. The lowest BCUT2D eigenvalue weighted by atomic mass is 10.2. The van der Waals surface area contributed by atoms with Gasteiger partial charge in [-0.25, -0.2) is 4.79 Å². The van der Waals surface area contributed by atoms with Gasteiger partial charge in [-0.1, -0.05) is 12.1 Å². The zero-order valence-corrected chi connectivity index (χ0v) is 7.69. The van der Waals surface area contributed by atoms with E-state index in [4.69, 9.17) is 10.8 Å². The minimum Gasteiger partial charge on any atom is -0.478 e. The first kappa shape index (κ1) is 13.6. The summed E-state index contributed by atoms with van der Waals surface area (Å²) in [5.74, 6) is -0.988. The lowest BCUT2D eigenvalue weighted by Crippen LogP contribution is -2.00. The number of nitrogens with two attached hydrogens (primary N) is 1. The number of anilines is 1. The molecule has 0 aromatic heterocycles. The van der Waals surface area contributed by atoms with Gasteiger partial charge in [0.25, 0.3) is 0 Å². The number of hydrogen-bond donors (Lipinski definition) is 2. The molecular weight excluding hydrogens is 201 g/mol. The van der Waals surface area contributed by atoms with E-state index in [0.717, 1.165) is 0 Å². The molecule has 3 N–H and O–H groups in total. The van der Waals surface area contributed by atoms with Crippen LogP contribution >= 0.6 is 24.8 Å². The number of aromatic carboxylic acids is 1. The van der Waals surface area contributed by atoms with Gasteiger partial charge in [-0.2, -0.15) is 0 Å². The van der Waals surface area contributed by atoms with Crippen LogP contribution in [0.25, 0.3) is 0 Å². The monoisotopic (exact) mass is 209 g/mol. The van der Waals surface area contributed by atoms with Crippen molar-refractivity contribution in [2.45, 2.75) is 0 Å². The summed E-state index contributed by atoms with van der Waals surface area (Å²) < 4.78 is 0. The first-order valence-electron chi connectivity index (χ1n) is 2.79. The highest BCUT2D eigenvalue weighted by Gasteiger charge is 2.03. The first-order chi connectivity index (χ1) is 4.72. The zero-order valence-electron chi connectivity index (χ0n) is 6.06.